The second-order valence-corrected chi connectivity index (χ2v) is 6.36. The Balaban J connectivity index is 1.89. The number of nitrogens with zero attached hydrogens (tertiary/aromatic N) is 5. The molecule has 6 heteroatoms. The number of aromatic nitrogens is 4. The number of aryl methyl sites for hydroxylation is 1. The van der Waals surface area contributed by atoms with Gasteiger partial charge < -0.3 is 9.47 Å². The highest BCUT2D eigenvalue weighted by atomic mass is 16.1. The summed E-state index contributed by atoms with van der Waals surface area (Å²) in [5.41, 5.74) is 2.23. The summed E-state index contributed by atoms with van der Waals surface area (Å²) in [6.45, 7) is 2.60. The summed E-state index contributed by atoms with van der Waals surface area (Å²) in [6.07, 6.45) is 5.14. The van der Waals surface area contributed by atoms with Crippen molar-refractivity contribution in [2.24, 2.45) is 7.05 Å². The number of benzene rings is 1. The summed E-state index contributed by atoms with van der Waals surface area (Å²) in [6, 6.07) is 10.2. The van der Waals surface area contributed by atoms with Crippen molar-refractivity contribution in [3.8, 4) is 0 Å². The molecule has 0 amide bonds. The fourth-order valence-electron chi connectivity index (χ4n) is 3.34. The summed E-state index contributed by atoms with van der Waals surface area (Å²) in [4.78, 5) is 24.0. The van der Waals surface area contributed by atoms with Crippen LogP contribution in [-0.2, 0) is 13.6 Å². The highest BCUT2D eigenvalue weighted by Crippen LogP contribution is 2.23. The van der Waals surface area contributed by atoms with Crippen molar-refractivity contribution in [1.82, 2.24) is 19.1 Å². The fourth-order valence-corrected chi connectivity index (χ4v) is 3.34. The van der Waals surface area contributed by atoms with Gasteiger partial charge in [-0.1, -0.05) is 30.3 Å². The largest absolute Gasteiger partial charge is 0.342 e. The number of anilines is 1. The van der Waals surface area contributed by atoms with Gasteiger partial charge in [0.15, 0.2) is 11.2 Å². The van der Waals surface area contributed by atoms with Crippen LogP contribution in [0.25, 0.3) is 11.2 Å². The molecule has 0 N–H and O–H groups in total. The first-order chi connectivity index (χ1) is 11.7. The van der Waals surface area contributed by atoms with Crippen molar-refractivity contribution in [2.45, 2.75) is 25.8 Å². The first-order valence-electron chi connectivity index (χ1n) is 8.45. The topological polar surface area (TPSA) is 56.0 Å². The zero-order valence-electron chi connectivity index (χ0n) is 13.9. The van der Waals surface area contributed by atoms with Crippen LogP contribution in [-0.4, -0.2) is 32.2 Å². The summed E-state index contributed by atoms with van der Waals surface area (Å²) >= 11 is 0. The Bertz CT molecular complexity index is 906. The Labute approximate surface area is 140 Å². The van der Waals surface area contributed by atoms with E-state index in [4.69, 9.17) is 4.98 Å². The Morgan fingerprint density at radius 2 is 1.83 bits per heavy atom. The summed E-state index contributed by atoms with van der Waals surface area (Å²) in [5, 5.41) is 0. The van der Waals surface area contributed by atoms with Crippen LogP contribution in [0.2, 0.25) is 0 Å². The highest BCUT2D eigenvalue weighted by Gasteiger charge is 2.22. The Morgan fingerprint density at radius 3 is 2.58 bits per heavy atom. The van der Waals surface area contributed by atoms with Gasteiger partial charge in [-0.2, -0.15) is 4.98 Å². The van der Waals surface area contributed by atoms with Gasteiger partial charge in [-0.3, -0.25) is 9.36 Å². The first kappa shape index (κ1) is 14.9. The van der Waals surface area contributed by atoms with Crippen LogP contribution in [0.1, 0.15) is 24.8 Å². The van der Waals surface area contributed by atoms with E-state index in [1.165, 1.54) is 23.8 Å². The molecule has 0 radical (unpaired) electrons. The van der Waals surface area contributed by atoms with E-state index in [1.54, 1.807) is 13.4 Å². The van der Waals surface area contributed by atoms with E-state index in [1.807, 2.05) is 22.8 Å². The lowest BCUT2D eigenvalue weighted by Gasteiger charge is -2.28. The van der Waals surface area contributed by atoms with Gasteiger partial charge in [0, 0.05) is 20.1 Å². The maximum atomic E-state index is 12.7. The molecule has 0 bridgehead atoms. The third-order valence-electron chi connectivity index (χ3n) is 4.63. The Morgan fingerprint density at radius 1 is 1.08 bits per heavy atom. The minimum absolute atomic E-state index is 0.0494. The van der Waals surface area contributed by atoms with Crippen molar-refractivity contribution >= 4 is 17.1 Å². The second-order valence-electron chi connectivity index (χ2n) is 6.36. The molecule has 0 atom stereocenters. The molecule has 0 spiro atoms. The monoisotopic (exact) mass is 323 g/mol. The number of hydrogen-bond donors (Lipinski definition) is 0. The number of fused-ring (bicyclic) bond motifs is 1. The van der Waals surface area contributed by atoms with Gasteiger partial charge in [0.25, 0.3) is 5.56 Å². The summed E-state index contributed by atoms with van der Waals surface area (Å²) in [5.74, 6) is 0.865. The predicted octanol–water partition coefficient (Wildman–Crippen LogP) is 2.17. The van der Waals surface area contributed by atoms with E-state index in [2.05, 4.69) is 22.0 Å². The molecule has 1 aliphatic rings. The van der Waals surface area contributed by atoms with Crippen LogP contribution in [0.15, 0.2) is 41.5 Å². The minimum atomic E-state index is -0.0494. The SMILES string of the molecule is Cn1cnc2nc(N3CCCCC3)n(Cc3ccccc3)c2c1=O. The third-order valence-corrected chi connectivity index (χ3v) is 4.63. The maximum Gasteiger partial charge on any atom is 0.279 e. The van der Waals surface area contributed by atoms with Crippen molar-refractivity contribution in [2.75, 3.05) is 18.0 Å². The number of rotatable bonds is 3. The van der Waals surface area contributed by atoms with Crippen LogP contribution in [0.3, 0.4) is 0 Å². The van der Waals surface area contributed by atoms with Crippen molar-refractivity contribution in [3.05, 3.63) is 52.6 Å². The average Bonchev–Trinajstić information content (AvgIpc) is 2.99. The number of hydrogen-bond acceptors (Lipinski definition) is 4. The molecular formula is C18H21N5O. The van der Waals surface area contributed by atoms with E-state index >= 15 is 0 Å². The lowest BCUT2D eigenvalue weighted by atomic mass is 10.1. The van der Waals surface area contributed by atoms with E-state index in [0.717, 1.165) is 24.6 Å². The highest BCUT2D eigenvalue weighted by molar-refractivity contribution is 5.74. The van der Waals surface area contributed by atoms with E-state index in [-0.39, 0.29) is 5.56 Å². The quantitative estimate of drug-likeness (QED) is 0.741. The molecular weight excluding hydrogens is 302 g/mol. The number of imidazole rings is 1. The molecule has 0 unspecified atom stereocenters. The van der Waals surface area contributed by atoms with Gasteiger partial charge >= 0.3 is 0 Å². The van der Waals surface area contributed by atoms with E-state index in [0.29, 0.717) is 17.7 Å². The van der Waals surface area contributed by atoms with Crippen LogP contribution in [0.5, 0.6) is 0 Å². The molecule has 1 saturated heterocycles. The fraction of sp³-hybridized carbons (Fsp3) is 0.389. The van der Waals surface area contributed by atoms with Gasteiger partial charge in [-0.05, 0) is 24.8 Å². The molecule has 2 aromatic heterocycles. The second kappa shape index (κ2) is 6.11. The molecule has 1 fully saturated rings. The maximum absolute atomic E-state index is 12.7. The molecule has 0 saturated carbocycles. The molecule has 3 aromatic rings. The molecule has 1 aliphatic heterocycles. The van der Waals surface area contributed by atoms with Crippen molar-refractivity contribution < 1.29 is 0 Å². The molecule has 6 nitrogen and oxygen atoms in total. The Hall–Kier alpha value is -2.63. The predicted molar refractivity (Wildman–Crippen MR) is 94.4 cm³/mol. The van der Waals surface area contributed by atoms with Crippen molar-refractivity contribution in [1.29, 1.82) is 0 Å². The zero-order valence-corrected chi connectivity index (χ0v) is 13.9. The smallest absolute Gasteiger partial charge is 0.279 e. The van der Waals surface area contributed by atoms with Crippen LogP contribution in [0, 0.1) is 0 Å². The van der Waals surface area contributed by atoms with Crippen LogP contribution < -0.4 is 10.5 Å². The summed E-state index contributed by atoms with van der Waals surface area (Å²) < 4.78 is 3.55. The number of piperidine rings is 1. The summed E-state index contributed by atoms with van der Waals surface area (Å²) in [7, 11) is 1.73. The first-order valence-corrected chi connectivity index (χ1v) is 8.45. The standard InChI is InChI=1S/C18H21N5O/c1-21-13-19-16-15(17(21)24)23(12-14-8-4-2-5-9-14)18(20-16)22-10-6-3-7-11-22/h2,4-5,8-9,13H,3,6-7,10-12H2,1H3. The van der Waals surface area contributed by atoms with Gasteiger partial charge in [0.05, 0.1) is 12.9 Å². The van der Waals surface area contributed by atoms with Crippen LogP contribution in [0.4, 0.5) is 5.95 Å². The van der Waals surface area contributed by atoms with E-state index in [9.17, 15) is 4.79 Å². The van der Waals surface area contributed by atoms with Crippen molar-refractivity contribution in [3.63, 3.8) is 0 Å². The van der Waals surface area contributed by atoms with Crippen LogP contribution >= 0.6 is 0 Å². The van der Waals surface area contributed by atoms with Gasteiger partial charge in [0.2, 0.25) is 5.95 Å². The average molecular weight is 323 g/mol. The normalized spacial score (nSPS) is 15.1. The molecule has 1 aromatic carbocycles. The zero-order chi connectivity index (χ0) is 16.5. The molecule has 0 aliphatic carbocycles. The molecule has 24 heavy (non-hydrogen) atoms. The minimum Gasteiger partial charge on any atom is -0.342 e. The molecule has 124 valence electrons. The third kappa shape index (κ3) is 2.58. The molecule has 3 heterocycles. The van der Waals surface area contributed by atoms with Gasteiger partial charge in [0.1, 0.15) is 0 Å². The van der Waals surface area contributed by atoms with E-state index < -0.39 is 0 Å². The van der Waals surface area contributed by atoms with Gasteiger partial charge in [-0.25, -0.2) is 4.98 Å². The Kier molecular flexibility index (Phi) is 3.80. The van der Waals surface area contributed by atoms with Gasteiger partial charge in [-0.15, -0.1) is 0 Å². The lowest BCUT2D eigenvalue weighted by Crippen LogP contribution is -2.32. The molecule has 4 rings (SSSR count). The lowest BCUT2D eigenvalue weighted by molar-refractivity contribution is 0.560.